The summed E-state index contributed by atoms with van der Waals surface area (Å²) in [6.07, 6.45) is 0.717. The number of sulfonamides is 1. The van der Waals surface area contributed by atoms with E-state index in [1.807, 2.05) is 6.92 Å². The number of nitrogens with zero attached hydrogens (tertiary/aromatic N) is 2. The number of halogens is 3. The second-order valence-electron chi connectivity index (χ2n) is 8.51. The van der Waals surface area contributed by atoms with Crippen LogP contribution in [0.2, 0.25) is 15.1 Å². The predicted octanol–water partition coefficient (Wildman–Crippen LogP) is 5.79. The molecule has 0 fully saturated rings. The molecule has 38 heavy (non-hydrogen) atoms. The Bertz CT molecular complexity index is 1390. The summed E-state index contributed by atoms with van der Waals surface area (Å²) in [6, 6.07) is 18.1. The maximum atomic E-state index is 13.8. The van der Waals surface area contributed by atoms with Gasteiger partial charge in [0.2, 0.25) is 11.8 Å². The van der Waals surface area contributed by atoms with Gasteiger partial charge in [-0.1, -0.05) is 78.1 Å². The Kier molecular flexibility index (Phi) is 10.4. The standard InChI is InChI=1S/C27H28Cl3N3O4S/c1-3-15-31-27(35)19(2)32(17-20-13-14-22(28)24(30)16-20)26(34)18-33(25-12-8-7-11-23(25)29)38(36,37)21-9-5-4-6-10-21/h4-14,16,19H,3,15,17-18H2,1-2H3,(H,31,35)/t19-/m1/s1. The van der Waals surface area contributed by atoms with Crippen LogP contribution in [0.15, 0.2) is 77.7 Å². The van der Waals surface area contributed by atoms with Crippen LogP contribution in [0.4, 0.5) is 5.69 Å². The van der Waals surface area contributed by atoms with Gasteiger partial charge in [0.15, 0.2) is 0 Å². The lowest BCUT2D eigenvalue weighted by molar-refractivity contribution is -0.139. The Morgan fingerprint density at radius 3 is 2.18 bits per heavy atom. The second-order valence-corrected chi connectivity index (χ2v) is 11.6. The first-order valence-electron chi connectivity index (χ1n) is 11.9. The molecule has 0 radical (unpaired) electrons. The third kappa shape index (κ3) is 7.20. The molecular formula is C27H28Cl3N3O4S. The zero-order valence-corrected chi connectivity index (χ0v) is 24.0. The lowest BCUT2D eigenvalue weighted by Gasteiger charge is -2.32. The van der Waals surface area contributed by atoms with Crippen molar-refractivity contribution in [3.8, 4) is 0 Å². The zero-order valence-electron chi connectivity index (χ0n) is 20.9. The highest BCUT2D eigenvalue weighted by Crippen LogP contribution is 2.31. The molecular weight excluding hydrogens is 569 g/mol. The van der Waals surface area contributed by atoms with Crippen LogP contribution in [0.5, 0.6) is 0 Å². The van der Waals surface area contributed by atoms with Crippen LogP contribution < -0.4 is 9.62 Å². The van der Waals surface area contributed by atoms with Crippen LogP contribution >= 0.6 is 34.8 Å². The van der Waals surface area contributed by atoms with Crippen molar-refractivity contribution in [3.05, 3.63) is 93.4 Å². The SMILES string of the molecule is CCCNC(=O)[C@@H](C)N(Cc1ccc(Cl)c(Cl)c1)C(=O)CN(c1ccccc1Cl)S(=O)(=O)c1ccccc1. The second kappa shape index (κ2) is 13.3. The fourth-order valence-electron chi connectivity index (χ4n) is 3.70. The largest absolute Gasteiger partial charge is 0.354 e. The number of para-hydroxylation sites is 1. The molecule has 2 amide bonds. The highest BCUT2D eigenvalue weighted by molar-refractivity contribution is 7.92. The summed E-state index contributed by atoms with van der Waals surface area (Å²) in [5.74, 6) is -0.967. The van der Waals surface area contributed by atoms with E-state index in [-0.39, 0.29) is 28.1 Å². The zero-order chi connectivity index (χ0) is 27.9. The minimum atomic E-state index is -4.19. The van der Waals surface area contributed by atoms with Crippen molar-refractivity contribution in [1.82, 2.24) is 10.2 Å². The molecule has 1 N–H and O–H groups in total. The van der Waals surface area contributed by atoms with Gasteiger partial charge in [0.05, 0.1) is 25.7 Å². The van der Waals surface area contributed by atoms with E-state index in [1.165, 1.54) is 23.1 Å². The molecule has 0 aliphatic heterocycles. The number of hydrogen-bond acceptors (Lipinski definition) is 4. The molecule has 0 saturated carbocycles. The highest BCUT2D eigenvalue weighted by Gasteiger charge is 2.33. The third-order valence-electron chi connectivity index (χ3n) is 5.78. The quantitative estimate of drug-likeness (QED) is 0.304. The molecule has 0 unspecified atom stereocenters. The summed E-state index contributed by atoms with van der Waals surface area (Å²) in [4.78, 5) is 28.0. The minimum Gasteiger partial charge on any atom is -0.354 e. The third-order valence-corrected chi connectivity index (χ3v) is 8.62. The van der Waals surface area contributed by atoms with Crippen molar-refractivity contribution in [2.45, 2.75) is 37.8 Å². The maximum absolute atomic E-state index is 13.8. The number of carbonyl (C=O) groups excluding carboxylic acids is 2. The van der Waals surface area contributed by atoms with Crippen LogP contribution in [-0.4, -0.2) is 44.3 Å². The average molecular weight is 597 g/mol. The molecule has 0 bridgehead atoms. The molecule has 3 rings (SSSR count). The minimum absolute atomic E-state index is 0.00181. The smallest absolute Gasteiger partial charge is 0.264 e. The molecule has 0 aliphatic rings. The Labute approximate surface area is 238 Å². The lowest BCUT2D eigenvalue weighted by atomic mass is 10.1. The van der Waals surface area contributed by atoms with E-state index in [0.717, 1.165) is 10.7 Å². The summed E-state index contributed by atoms with van der Waals surface area (Å²) < 4.78 is 28.4. The fraction of sp³-hybridized carbons (Fsp3) is 0.259. The van der Waals surface area contributed by atoms with Gasteiger partial charge in [0.1, 0.15) is 12.6 Å². The van der Waals surface area contributed by atoms with Crippen LogP contribution in [-0.2, 0) is 26.2 Å². The summed E-state index contributed by atoms with van der Waals surface area (Å²) in [5.41, 5.74) is 0.766. The van der Waals surface area contributed by atoms with E-state index in [9.17, 15) is 18.0 Å². The molecule has 11 heteroatoms. The van der Waals surface area contributed by atoms with E-state index in [1.54, 1.807) is 61.5 Å². The van der Waals surface area contributed by atoms with Crippen molar-refractivity contribution in [3.63, 3.8) is 0 Å². The maximum Gasteiger partial charge on any atom is 0.264 e. The van der Waals surface area contributed by atoms with E-state index >= 15 is 0 Å². The summed E-state index contributed by atoms with van der Waals surface area (Å²) in [6.45, 7) is 3.35. The average Bonchev–Trinajstić information content (AvgIpc) is 2.91. The molecule has 0 heterocycles. The molecule has 3 aromatic rings. The number of benzene rings is 3. The van der Waals surface area contributed by atoms with Gasteiger partial charge in [-0.15, -0.1) is 0 Å². The predicted molar refractivity (Wildman–Crippen MR) is 152 cm³/mol. The Balaban J connectivity index is 2.03. The topological polar surface area (TPSA) is 86.8 Å². The van der Waals surface area contributed by atoms with E-state index < -0.39 is 28.5 Å². The summed E-state index contributed by atoms with van der Waals surface area (Å²) in [5, 5.41) is 3.59. The van der Waals surface area contributed by atoms with Gasteiger partial charge in [-0.25, -0.2) is 8.42 Å². The molecule has 0 aliphatic carbocycles. The molecule has 7 nitrogen and oxygen atoms in total. The molecule has 0 aromatic heterocycles. The van der Waals surface area contributed by atoms with Crippen LogP contribution in [0.25, 0.3) is 0 Å². The number of amides is 2. The molecule has 0 spiro atoms. The lowest BCUT2D eigenvalue weighted by Crippen LogP contribution is -2.51. The number of rotatable bonds is 11. The number of hydrogen-bond donors (Lipinski definition) is 1. The Hall–Kier alpha value is -2.78. The van der Waals surface area contributed by atoms with Crippen molar-refractivity contribution in [2.75, 3.05) is 17.4 Å². The normalized spacial score (nSPS) is 12.0. The van der Waals surface area contributed by atoms with E-state index in [2.05, 4.69) is 5.32 Å². The molecule has 202 valence electrons. The Morgan fingerprint density at radius 1 is 0.895 bits per heavy atom. The summed E-state index contributed by atoms with van der Waals surface area (Å²) in [7, 11) is -4.19. The number of anilines is 1. The van der Waals surface area contributed by atoms with E-state index in [0.29, 0.717) is 22.2 Å². The highest BCUT2D eigenvalue weighted by atomic mass is 35.5. The van der Waals surface area contributed by atoms with Crippen molar-refractivity contribution < 1.29 is 18.0 Å². The van der Waals surface area contributed by atoms with Gasteiger partial charge in [-0.05, 0) is 55.3 Å². The molecule has 1 atom stereocenters. The monoisotopic (exact) mass is 595 g/mol. The first kappa shape index (κ1) is 29.8. The van der Waals surface area contributed by atoms with Gasteiger partial charge in [-0.2, -0.15) is 0 Å². The van der Waals surface area contributed by atoms with Crippen LogP contribution in [0, 0.1) is 0 Å². The summed E-state index contributed by atoms with van der Waals surface area (Å²) >= 11 is 18.6. The van der Waals surface area contributed by atoms with Crippen LogP contribution in [0.3, 0.4) is 0 Å². The van der Waals surface area contributed by atoms with Crippen molar-refractivity contribution >= 4 is 62.3 Å². The Morgan fingerprint density at radius 2 is 1.55 bits per heavy atom. The fourth-order valence-corrected chi connectivity index (χ4v) is 5.76. The van der Waals surface area contributed by atoms with Crippen molar-refractivity contribution in [2.24, 2.45) is 0 Å². The molecule has 0 saturated heterocycles. The molecule has 3 aromatic carbocycles. The van der Waals surface area contributed by atoms with Gasteiger partial charge in [0, 0.05) is 13.1 Å². The van der Waals surface area contributed by atoms with Gasteiger partial charge in [0.25, 0.3) is 10.0 Å². The number of carbonyl (C=O) groups is 2. The first-order valence-corrected chi connectivity index (χ1v) is 14.5. The first-order chi connectivity index (χ1) is 18.1. The van der Waals surface area contributed by atoms with Gasteiger partial charge < -0.3 is 10.2 Å². The number of nitrogens with one attached hydrogen (secondary N) is 1. The van der Waals surface area contributed by atoms with Crippen LogP contribution in [0.1, 0.15) is 25.8 Å². The van der Waals surface area contributed by atoms with Crippen molar-refractivity contribution in [1.29, 1.82) is 0 Å². The van der Waals surface area contributed by atoms with Gasteiger partial charge >= 0.3 is 0 Å². The van der Waals surface area contributed by atoms with Gasteiger partial charge in [-0.3, -0.25) is 13.9 Å². The van der Waals surface area contributed by atoms with E-state index in [4.69, 9.17) is 34.8 Å².